The molecule has 2 aliphatic carbocycles. The Balaban J connectivity index is 1.95. The summed E-state index contributed by atoms with van der Waals surface area (Å²) in [6.07, 6.45) is 8.55. The number of carbonyl (C=O) groups is 1. The fourth-order valence-corrected chi connectivity index (χ4v) is 5.77. The van der Waals surface area contributed by atoms with Crippen LogP contribution in [0.15, 0.2) is 23.0 Å². The van der Waals surface area contributed by atoms with Gasteiger partial charge in [-0.3, -0.25) is 4.79 Å². The highest BCUT2D eigenvalue weighted by atomic mass is 16.3. The third kappa shape index (κ3) is 2.48. The SMILES string of the molecule is CC1CC(=O)C2C(C)(C)CCC[C@]2(C)C1(O)CCc1ccoc1. The van der Waals surface area contributed by atoms with Crippen molar-refractivity contribution in [2.45, 2.75) is 71.8 Å². The van der Waals surface area contributed by atoms with Crippen LogP contribution < -0.4 is 0 Å². The Morgan fingerprint density at radius 3 is 2.70 bits per heavy atom. The molecule has 0 saturated heterocycles. The van der Waals surface area contributed by atoms with Gasteiger partial charge in [-0.2, -0.15) is 0 Å². The van der Waals surface area contributed by atoms with E-state index in [1.54, 1.807) is 12.5 Å². The summed E-state index contributed by atoms with van der Waals surface area (Å²) in [6.45, 7) is 8.64. The third-order valence-corrected chi connectivity index (χ3v) is 6.94. The van der Waals surface area contributed by atoms with Gasteiger partial charge in [-0.05, 0) is 48.6 Å². The number of ketones is 1. The number of rotatable bonds is 3. The highest BCUT2D eigenvalue weighted by Crippen LogP contribution is 2.62. The molecule has 0 bridgehead atoms. The van der Waals surface area contributed by atoms with Crippen LogP contribution in [0.2, 0.25) is 0 Å². The van der Waals surface area contributed by atoms with Crippen LogP contribution in [-0.2, 0) is 11.2 Å². The van der Waals surface area contributed by atoms with Crippen LogP contribution in [0.25, 0.3) is 0 Å². The smallest absolute Gasteiger partial charge is 0.137 e. The summed E-state index contributed by atoms with van der Waals surface area (Å²) in [5, 5.41) is 11.8. The molecule has 128 valence electrons. The molecular formula is C20H30O3. The van der Waals surface area contributed by atoms with Crippen molar-refractivity contribution in [3.8, 4) is 0 Å². The molecule has 0 amide bonds. The van der Waals surface area contributed by atoms with Gasteiger partial charge >= 0.3 is 0 Å². The molecule has 0 radical (unpaired) electrons. The maximum absolute atomic E-state index is 12.9. The number of Topliss-reactive ketones (excluding diaryl/α,β-unsaturated/α-hetero) is 1. The van der Waals surface area contributed by atoms with E-state index in [-0.39, 0.29) is 22.7 Å². The van der Waals surface area contributed by atoms with E-state index >= 15 is 0 Å². The van der Waals surface area contributed by atoms with Gasteiger partial charge in [0.2, 0.25) is 0 Å². The second kappa shape index (κ2) is 5.47. The fourth-order valence-electron chi connectivity index (χ4n) is 5.77. The van der Waals surface area contributed by atoms with Gasteiger partial charge in [0, 0.05) is 17.8 Å². The molecule has 3 heteroatoms. The average molecular weight is 318 g/mol. The van der Waals surface area contributed by atoms with Gasteiger partial charge < -0.3 is 9.52 Å². The molecule has 1 aromatic heterocycles. The summed E-state index contributed by atoms with van der Waals surface area (Å²) in [5.74, 6) is 0.337. The monoisotopic (exact) mass is 318 g/mol. The Morgan fingerprint density at radius 2 is 2.04 bits per heavy atom. The maximum atomic E-state index is 12.9. The van der Waals surface area contributed by atoms with Crippen molar-refractivity contribution in [2.24, 2.45) is 22.7 Å². The van der Waals surface area contributed by atoms with Crippen molar-refractivity contribution >= 4 is 5.78 Å². The van der Waals surface area contributed by atoms with Crippen LogP contribution in [0.5, 0.6) is 0 Å². The first-order valence-corrected chi connectivity index (χ1v) is 8.97. The maximum Gasteiger partial charge on any atom is 0.137 e. The molecule has 3 rings (SSSR count). The molecule has 1 heterocycles. The zero-order chi connectivity index (χ0) is 16.9. The van der Waals surface area contributed by atoms with Crippen LogP contribution in [0, 0.1) is 22.7 Å². The van der Waals surface area contributed by atoms with E-state index in [2.05, 4.69) is 27.7 Å². The minimum Gasteiger partial charge on any atom is -0.472 e. The lowest BCUT2D eigenvalue weighted by atomic mass is 9.44. The number of aliphatic hydroxyl groups is 1. The van der Waals surface area contributed by atoms with Crippen LogP contribution in [0.4, 0.5) is 0 Å². The number of fused-ring (bicyclic) bond motifs is 1. The molecule has 3 nitrogen and oxygen atoms in total. The summed E-state index contributed by atoms with van der Waals surface area (Å²) < 4.78 is 5.16. The molecule has 0 spiro atoms. The van der Waals surface area contributed by atoms with Crippen molar-refractivity contribution in [3.63, 3.8) is 0 Å². The number of hydrogen-bond acceptors (Lipinski definition) is 3. The quantitative estimate of drug-likeness (QED) is 0.899. The van der Waals surface area contributed by atoms with E-state index in [4.69, 9.17) is 4.42 Å². The van der Waals surface area contributed by atoms with Crippen molar-refractivity contribution < 1.29 is 14.3 Å². The molecule has 1 aromatic rings. The molecule has 3 unspecified atom stereocenters. The predicted molar refractivity (Wildman–Crippen MR) is 90.0 cm³/mol. The first-order valence-electron chi connectivity index (χ1n) is 8.97. The lowest BCUT2D eigenvalue weighted by Crippen LogP contribution is -2.65. The normalized spacial score (nSPS) is 40.0. The summed E-state index contributed by atoms with van der Waals surface area (Å²) in [6, 6.07) is 1.96. The highest BCUT2D eigenvalue weighted by molar-refractivity contribution is 5.84. The molecule has 1 N–H and O–H groups in total. The molecule has 2 saturated carbocycles. The van der Waals surface area contributed by atoms with Gasteiger partial charge in [-0.25, -0.2) is 0 Å². The summed E-state index contributed by atoms with van der Waals surface area (Å²) in [7, 11) is 0. The topological polar surface area (TPSA) is 50.4 Å². The van der Waals surface area contributed by atoms with Crippen LogP contribution in [-0.4, -0.2) is 16.5 Å². The number of hydrogen-bond donors (Lipinski definition) is 1. The highest BCUT2D eigenvalue weighted by Gasteiger charge is 2.63. The van der Waals surface area contributed by atoms with Gasteiger partial charge in [0.1, 0.15) is 5.78 Å². The summed E-state index contributed by atoms with van der Waals surface area (Å²) in [5.41, 5.74) is -0.0144. The minimum atomic E-state index is -0.791. The van der Waals surface area contributed by atoms with E-state index in [1.807, 2.05) is 6.07 Å². The van der Waals surface area contributed by atoms with Crippen LogP contribution in [0.1, 0.15) is 65.4 Å². The lowest BCUT2D eigenvalue weighted by molar-refractivity contribution is -0.208. The number of carbonyl (C=O) groups excluding carboxylic acids is 1. The van der Waals surface area contributed by atoms with Gasteiger partial charge in [0.15, 0.2) is 0 Å². The predicted octanol–water partition coefficient (Wildman–Crippen LogP) is 4.38. The molecule has 2 fully saturated rings. The Hall–Kier alpha value is -1.09. The van der Waals surface area contributed by atoms with Gasteiger partial charge in [-0.15, -0.1) is 0 Å². The van der Waals surface area contributed by atoms with E-state index in [9.17, 15) is 9.90 Å². The van der Waals surface area contributed by atoms with Gasteiger partial charge in [0.05, 0.1) is 18.1 Å². The van der Waals surface area contributed by atoms with Crippen LogP contribution in [0.3, 0.4) is 0 Å². The van der Waals surface area contributed by atoms with Crippen molar-refractivity contribution in [3.05, 3.63) is 24.2 Å². The second-order valence-electron chi connectivity index (χ2n) is 8.82. The third-order valence-electron chi connectivity index (χ3n) is 6.94. The molecular weight excluding hydrogens is 288 g/mol. The van der Waals surface area contributed by atoms with E-state index in [0.717, 1.165) is 31.2 Å². The van der Waals surface area contributed by atoms with Crippen molar-refractivity contribution in [1.82, 2.24) is 0 Å². The fraction of sp³-hybridized carbons (Fsp3) is 0.750. The zero-order valence-corrected chi connectivity index (χ0v) is 14.9. The van der Waals surface area contributed by atoms with E-state index < -0.39 is 5.60 Å². The van der Waals surface area contributed by atoms with Gasteiger partial charge in [-0.1, -0.05) is 34.1 Å². The largest absolute Gasteiger partial charge is 0.472 e. The first-order chi connectivity index (χ1) is 10.7. The van der Waals surface area contributed by atoms with Gasteiger partial charge in [0.25, 0.3) is 0 Å². The van der Waals surface area contributed by atoms with Crippen molar-refractivity contribution in [1.29, 1.82) is 0 Å². The molecule has 0 aromatic carbocycles. The second-order valence-corrected chi connectivity index (χ2v) is 8.82. The van der Waals surface area contributed by atoms with Crippen molar-refractivity contribution in [2.75, 3.05) is 0 Å². The standard InChI is InChI=1S/C20H30O3/c1-14-12-16(21)17-18(2,3)8-5-9-19(17,4)20(14,22)10-6-15-7-11-23-13-15/h7,11,13-14,17,22H,5-6,8-10,12H2,1-4H3/t14?,17?,19-,20?/m0/s1. The Bertz CT molecular complexity index is 574. The zero-order valence-electron chi connectivity index (χ0n) is 14.9. The Kier molecular flexibility index (Phi) is 3.99. The van der Waals surface area contributed by atoms with E-state index in [1.165, 1.54) is 0 Å². The van der Waals surface area contributed by atoms with Crippen LogP contribution >= 0.6 is 0 Å². The van der Waals surface area contributed by atoms with E-state index in [0.29, 0.717) is 18.6 Å². The number of aryl methyl sites for hydroxylation is 1. The lowest BCUT2D eigenvalue weighted by Gasteiger charge is -2.62. The summed E-state index contributed by atoms with van der Waals surface area (Å²) >= 11 is 0. The summed E-state index contributed by atoms with van der Waals surface area (Å²) in [4.78, 5) is 12.9. The molecule has 23 heavy (non-hydrogen) atoms. The Morgan fingerprint density at radius 1 is 1.30 bits per heavy atom. The first kappa shape index (κ1) is 16.8. The molecule has 0 aliphatic heterocycles. The molecule has 4 atom stereocenters. The minimum absolute atomic E-state index is 0.0112. The molecule has 2 aliphatic rings. The Labute approximate surface area is 139 Å². The average Bonchev–Trinajstić information content (AvgIpc) is 2.95. The number of furan rings is 1.